The summed E-state index contributed by atoms with van der Waals surface area (Å²) in [5, 5.41) is 7.58. The Hall–Kier alpha value is -0.670. The molecule has 140 valence electrons. The molecule has 1 saturated heterocycles. The molecule has 4 nitrogen and oxygen atoms in total. The molecule has 0 spiro atoms. The number of nitrogens with zero attached hydrogens (tertiary/aromatic N) is 4. The lowest BCUT2D eigenvalue weighted by molar-refractivity contribution is 0.0961. The Kier molecular flexibility index (Phi) is 6.38. The largest absolute Gasteiger partial charge is 0.287 e. The number of hydrazine groups is 2. The molecule has 0 aliphatic carbocycles. The third-order valence-electron chi connectivity index (χ3n) is 5.28. The van der Waals surface area contributed by atoms with Gasteiger partial charge >= 0.3 is 0 Å². The van der Waals surface area contributed by atoms with E-state index in [1.54, 1.807) is 0 Å². The van der Waals surface area contributed by atoms with Crippen LogP contribution in [-0.4, -0.2) is 54.4 Å². The summed E-state index contributed by atoms with van der Waals surface area (Å²) in [7, 11) is 0.966. The van der Waals surface area contributed by atoms with E-state index in [9.17, 15) is 0 Å². The minimum Gasteiger partial charge on any atom is -0.287 e. The summed E-state index contributed by atoms with van der Waals surface area (Å²) in [5.74, 6) is 0.717. The molecule has 1 fully saturated rings. The topological polar surface area (TPSA) is 13.0 Å². The Morgan fingerprint density at radius 1 is 1.16 bits per heavy atom. The molecule has 0 amide bonds. The maximum atomic E-state index is 2.62. The summed E-state index contributed by atoms with van der Waals surface area (Å²) in [6, 6.07) is 7.18. The monoisotopic (exact) mass is 362 g/mol. The second kappa shape index (κ2) is 8.35. The van der Waals surface area contributed by atoms with Crippen molar-refractivity contribution in [2.45, 2.75) is 46.3 Å². The normalized spacial score (nSPS) is 21.1. The van der Waals surface area contributed by atoms with Crippen molar-refractivity contribution in [3.63, 3.8) is 0 Å². The molecule has 0 radical (unpaired) electrons. The molecule has 2 heterocycles. The molecule has 25 heavy (non-hydrogen) atoms. The van der Waals surface area contributed by atoms with E-state index in [1.165, 1.54) is 29.8 Å². The van der Waals surface area contributed by atoms with Gasteiger partial charge in [0.2, 0.25) is 0 Å². The van der Waals surface area contributed by atoms with Gasteiger partial charge in [-0.2, -0.15) is 5.01 Å². The van der Waals surface area contributed by atoms with Gasteiger partial charge in [-0.1, -0.05) is 39.8 Å². The molecular weight excluding hydrogens is 327 g/mol. The van der Waals surface area contributed by atoms with Gasteiger partial charge in [-0.3, -0.25) is 4.90 Å². The van der Waals surface area contributed by atoms with Crippen molar-refractivity contribution >= 4 is 14.3 Å². The highest BCUT2D eigenvalue weighted by atomic mass is 31.1. The summed E-state index contributed by atoms with van der Waals surface area (Å²) in [5.41, 5.74) is 5.06. The zero-order chi connectivity index (χ0) is 18.0. The van der Waals surface area contributed by atoms with Crippen molar-refractivity contribution in [1.82, 2.24) is 14.9 Å². The van der Waals surface area contributed by atoms with Crippen LogP contribution < -0.4 is 5.12 Å². The molecule has 3 rings (SSSR count). The van der Waals surface area contributed by atoms with E-state index in [0.29, 0.717) is 11.6 Å². The quantitative estimate of drug-likeness (QED) is 0.705. The van der Waals surface area contributed by atoms with Crippen LogP contribution in [0.25, 0.3) is 0 Å². The van der Waals surface area contributed by atoms with Gasteiger partial charge in [-0.25, -0.2) is 10.1 Å². The lowest BCUT2D eigenvalue weighted by Crippen LogP contribution is -2.50. The van der Waals surface area contributed by atoms with Gasteiger partial charge in [0, 0.05) is 32.7 Å². The predicted molar refractivity (Wildman–Crippen MR) is 110 cm³/mol. The molecule has 0 saturated carbocycles. The van der Waals surface area contributed by atoms with Crippen LogP contribution in [0, 0.1) is 5.92 Å². The standard InChI is InChI=1S/C20H35N4P/c1-6-9-22-11-10-21(13-16(2)3)15-23-14-19-12-18(17(4)25-5)7-8-20(19)24(22)23/h7-8,12,16-17,25H,6,9-11,13-15H2,1-5H3. The summed E-state index contributed by atoms with van der Waals surface area (Å²) in [6.45, 7) is 18.2. The van der Waals surface area contributed by atoms with E-state index in [2.05, 4.69) is 72.6 Å². The van der Waals surface area contributed by atoms with Gasteiger partial charge in [0.25, 0.3) is 0 Å². The number of anilines is 1. The fourth-order valence-corrected chi connectivity index (χ4v) is 4.52. The van der Waals surface area contributed by atoms with Gasteiger partial charge < -0.3 is 0 Å². The number of hydrogen-bond donors (Lipinski definition) is 0. The van der Waals surface area contributed by atoms with Crippen LogP contribution in [-0.2, 0) is 6.54 Å². The molecule has 0 aromatic heterocycles. The van der Waals surface area contributed by atoms with Crippen molar-refractivity contribution in [3.8, 4) is 0 Å². The van der Waals surface area contributed by atoms with Crippen LogP contribution in [0.3, 0.4) is 0 Å². The molecule has 2 unspecified atom stereocenters. The van der Waals surface area contributed by atoms with Gasteiger partial charge in [0.15, 0.2) is 0 Å². The number of hydrogen-bond acceptors (Lipinski definition) is 4. The first kappa shape index (κ1) is 19.1. The van der Waals surface area contributed by atoms with Crippen LogP contribution in [0.2, 0.25) is 0 Å². The lowest BCUT2D eigenvalue weighted by atomic mass is 10.1. The van der Waals surface area contributed by atoms with E-state index < -0.39 is 0 Å². The van der Waals surface area contributed by atoms with Gasteiger partial charge in [0.05, 0.1) is 12.4 Å². The molecular formula is C20H35N4P. The predicted octanol–water partition coefficient (Wildman–Crippen LogP) is 4.15. The Bertz CT molecular complexity index is 577. The summed E-state index contributed by atoms with van der Waals surface area (Å²) < 4.78 is 0. The molecule has 2 aliphatic heterocycles. The van der Waals surface area contributed by atoms with E-state index in [4.69, 9.17) is 0 Å². The molecule has 1 aromatic carbocycles. The zero-order valence-corrected chi connectivity index (χ0v) is 17.6. The summed E-state index contributed by atoms with van der Waals surface area (Å²) in [6.07, 6.45) is 1.19. The van der Waals surface area contributed by atoms with Crippen LogP contribution in [0.4, 0.5) is 5.69 Å². The first-order chi connectivity index (χ1) is 12.0. The second-order valence-electron chi connectivity index (χ2n) is 7.92. The van der Waals surface area contributed by atoms with E-state index >= 15 is 0 Å². The minimum absolute atomic E-state index is 0.671. The Morgan fingerprint density at radius 2 is 1.96 bits per heavy atom. The molecule has 5 heteroatoms. The molecule has 0 bridgehead atoms. The minimum atomic E-state index is 0.671. The maximum Gasteiger partial charge on any atom is 0.0753 e. The van der Waals surface area contributed by atoms with Crippen LogP contribution in [0.1, 0.15) is 50.9 Å². The fourth-order valence-electron chi connectivity index (χ4n) is 4.00. The average Bonchev–Trinajstić information content (AvgIpc) is 2.85. The molecule has 2 aliphatic rings. The highest BCUT2D eigenvalue weighted by Gasteiger charge is 2.35. The Labute approximate surface area is 155 Å². The van der Waals surface area contributed by atoms with Crippen molar-refractivity contribution in [3.05, 3.63) is 29.3 Å². The maximum absolute atomic E-state index is 2.62. The Balaban J connectivity index is 1.87. The highest BCUT2D eigenvalue weighted by molar-refractivity contribution is 7.37. The van der Waals surface area contributed by atoms with Gasteiger partial charge in [-0.15, -0.1) is 8.58 Å². The SMILES string of the molecule is CCCN1CCN(CC(C)C)CN2Cc3cc(C(C)PC)ccc3N12. The van der Waals surface area contributed by atoms with Crippen molar-refractivity contribution in [2.75, 3.05) is 44.6 Å². The van der Waals surface area contributed by atoms with Crippen LogP contribution in [0.15, 0.2) is 18.2 Å². The lowest BCUT2D eigenvalue weighted by Gasteiger charge is -2.37. The summed E-state index contributed by atoms with van der Waals surface area (Å²) in [4.78, 5) is 2.62. The zero-order valence-electron chi connectivity index (χ0n) is 16.6. The van der Waals surface area contributed by atoms with Crippen LogP contribution in [0.5, 0.6) is 0 Å². The fraction of sp³-hybridized carbons (Fsp3) is 0.700. The summed E-state index contributed by atoms with van der Waals surface area (Å²) >= 11 is 0. The molecule has 2 atom stereocenters. The smallest absolute Gasteiger partial charge is 0.0753 e. The Morgan fingerprint density at radius 3 is 2.64 bits per heavy atom. The molecule has 0 N–H and O–H groups in total. The molecule has 1 aromatic rings. The van der Waals surface area contributed by atoms with E-state index in [-0.39, 0.29) is 0 Å². The number of rotatable bonds is 6. The highest BCUT2D eigenvalue weighted by Crippen LogP contribution is 2.38. The van der Waals surface area contributed by atoms with Crippen molar-refractivity contribution < 1.29 is 0 Å². The number of benzene rings is 1. The van der Waals surface area contributed by atoms with Crippen molar-refractivity contribution in [2.24, 2.45) is 5.92 Å². The number of fused-ring (bicyclic) bond motifs is 3. The first-order valence-corrected chi connectivity index (χ1v) is 11.4. The van der Waals surface area contributed by atoms with Gasteiger partial charge in [0.1, 0.15) is 0 Å². The van der Waals surface area contributed by atoms with Crippen LogP contribution >= 0.6 is 8.58 Å². The average molecular weight is 363 g/mol. The van der Waals surface area contributed by atoms with Crippen molar-refractivity contribution in [1.29, 1.82) is 0 Å². The second-order valence-corrected chi connectivity index (χ2v) is 9.36. The third kappa shape index (κ3) is 4.19. The first-order valence-electron chi connectivity index (χ1n) is 9.85. The third-order valence-corrected chi connectivity index (χ3v) is 6.48. The van der Waals surface area contributed by atoms with E-state index in [1.807, 2.05) is 0 Å². The van der Waals surface area contributed by atoms with E-state index in [0.717, 1.165) is 41.4 Å². The van der Waals surface area contributed by atoms with Gasteiger partial charge in [-0.05, 0) is 41.9 Å².